The van der Waals surface area contributed by atoms with Gasteiger partial charge in [0.1, 0.15) is 17.5 Å². The number of aromatic nitrogens is 1. The van der Waals surface area contributed by atoms with Crippen LogP contribution < -0.4 is 0 Å². The summed E-state index contributed by atoms with van der Waals surface area (Å²) in [5.74, 6) is 0.0230. The Morgan fingerprint density at radius 2 is 1.67 bits per heavy atom. The van der Waals surface area contributed by atoms with Crippen molar-refractivity contribution in [2.45, 2.75) is 31.8 Å². The molecule has 5 nitrogen and oxygen atoms in total. The highest BCUT2D eigenvalue weighted by molar-refractivity contribution is 5.73. The van der Waals surface area contributed by atoms with Crippen LogP contribution in [-0.4, -0.2) is 33.7 Å². The van der Waals surface area contributed by atoms with Crippen LogP contribution in [-0.2, 0) is 17.8 Å². The molecular formula is C22H22N2O3. The van der Waals surface area contributed by atoms with Gasteiger partial charge in [-0.05, 0) is 18.1 Å². The maximum Gasteiger partial charge on any atom is 0.320 e. The maximum atomic E-state index is 11.4. The zero-order chi connectivity index (χ0) is 18.8. The number of aliphatic carboxylic acids is 1. The summed E-state index contributed by atoms with van der Waals surface area (Å²) >= 11 is 0. The summed E-state index contributed by atoms with van der Waals surface area (Å²) in [6, 6.07) is 19.9. The van der Waals surface area contributed by atoms with Gasteiger partial charge in [-0.25, -0.2) is 0 Å². The zero-order valence-electron chi connectivity index (χ0n) is 15.2. The number of hydrogen-bond acceptors (Lipinski definition) is 4. The van der Waals surface area contributed by atoms with Crippen LogP contribution in [0.4, 0.5) is 0 Å². The van der Waals surface area contributed by atoms with Crippen LogP contribution in [0, 0.1) is 0 Å². The Labute approximate surface area is 158 Å². The van der Waals surface area contributed by atoms with E-state index >= 15 is 0 Å². The number of nitrogens with zero attached hydrogens (tertiary/aromatic N) is 2. The molecule has 1 aliphatic heterocycles. The van der Waals surface area contributed by atoms with Gasteiger partial charge in [-0.15, -0.1) is 0 Å². The molecule has 27 heavy (non-hydrogen) atoms. The van der Waals surface area contributed by atoms with E-state index in [0.29, 0.717) is 19.5 Å². The molecule has 0 fully saturated rings. The van der Waals surface area contributed by atoms with Crippen LogP contribution in [0.5, 0.6) is 0 Å². The lowest BCUT2D eigenvalue weighted by molar-refractivity contribution is -0.143. The number of carboxylic acids is 1. The molecule has 0 saturated carbocycles. The lowest BCUT2D eigenvalue weighted by Gasteiger charge is -2.30. The van der Waals surface area contributed by atoms with Crippen molar-refractivity contribution in [1.82, 2.24) is 10.1 Å². The third-order valence-corrected chi connectivity index (χ3v) is 5.33. The van der Waals surface area contributed by atoms with Gasteiger partial charge in [0.25, 0.3) is 0 Å². The number of fused-ring (bicyclic) bond motifs is 1. The quantitative estimate of drug-likeness (QED) is 0.750. The minimum absolute atomic E-state index is 0.0417. The Morgan fingerprint density at radius 1 is 1.07 bits per heavy atom. The first kappa shape index (κ1) is 17.5. The molecule has 1 atom stereocenters. The van der Waals surface area contributed by atoms with Crippen LogP contribution >= 0.6 is 0 Å². The Kier molecular flexibility index (Phi) is 4.77. The highest BCUT2D eigenvalue weighted by Gasteiger charge is 2.32. The third kappa shape index (κ3) is 3.38. The molecule has 4 rings (SSSR count). The van der Waals surface area contributed by atoms with Crippen molar-refractivity contribution in [3.63, 3.8) is 0 Å². The molecule has 3 aromatic rings. The lowest BCUT2D eigenvalue weighted by Crippen LogP contribution is -2.42. The molecule has 1 unspecified atom stereocenters. The first-order valence-corrected chi connectivity index (χ1v) is 9.19. The summed E-state index contributed by atoms with van der Waals surface area (Å²) in [6.45, 7) is 2.93. The van der Waals surface area contributed by atoms with E-state index in [-0.39, 0.29) is 5.92 Å². The second kappa shape index (κ2) is 7.37. The van der Waals surface area contributed by atoms with E-state index in [1.807, 2.05) is 41.3 Å². The SMILES string of the molecule is CC(C(=O)O)N1CCc2onc(C(c3ccccc3)c3ccccc3)c2C1. The van der Waals surface area contributed by atoms with Crippen molar-refractivity contribution in [2.24, 2.45) is 0 Å². The average Bonchev–Trinajstić information content (AvgIpc) is 3.12. The molecule has 0 spiro atoms. The Balaban J connectivity index is 1.77. The monoisotopic (exact) mass is 362 g/mol. The van der Waals surface area contributed by atoms with E-state index in [2.05, 4.69) is 29.4 Å². The van der Waals surface area contributed by atoms with E-state index in [1.54, 1.807) is 6.92 Å². The molecule has 0 saturated heterocycles. The van der Waals surface area contributed by atoms with Crippen molar-refractivity contribution in [3.05, 3.63) is 88.8 Å². The molecule has 1 aromatic heterocycles. The molecule has 2 aromatic carbocycles. The third-order valence-electron chi connectivity index (χ3n) is 5.33. The average molecular weight is 362 g/mol. The van der Waals surface area contributed by atoms with Crippen molar-refractivity contribution in [1.29, 1.82) is 0 Å². The standard InChI is InChI=1S/C22H22N2O3/c1-15(22(25)26)24-13-12-19-18(14-24)21(23-27-19)20(16-8-4-2-5-9-16)17-10-6-3-7-11-17/h2-11,15,20H,12-14H2,1H3,(H,25,26). The fraction of sp³-hybridized carbons (Fsp3) is 0.273. The van der Waals surface area contributed by atoms with Crippen molar-refractivity contribution < 1.29 is 14.4 Å². The highest BCUT2D eigenvalue weighted by Crippen LogP contribution is 2.36. The molecule has 1 N–H and O–H groups in total. The first-order valence-electron chi connectivity index (χ1n) is 9.19. The Hall–Kier alpha value is -2.92. The van der Waals surface area contributed by atoms with Crippen LogP contribution in [0.3, 0.4) is 0 Å². The van der Waals surface area contributed by atoms with Gasteiger partial charge in [0.2, 0.25) is 0 Å². The normalized spacial score (nSPS) is 15.5. The van der Waals surface area contributed by atoms with E-state index in [1.165, 1.54) is 0 Å². The molecule has 0 bridgehead atoms. The topological polar surface area (TPSA) is 66.6 Å². The summed E-state index contributed by atoms with van der Waals surface area (Å²) < 4.78 is 5.68. The smallest absolute Gasteiger partial charge is 0.320 e. The summed E-state index contributed by atoms with van der Waals surface area (Å²) in [6.07, 6.45) is 0.677. The Bertz CT molecular complexity index is 882. The molecule has 2 heterocycles. The Morgan fingerprint density at radius 3 is 2.22 bits per heavy atom. The van der Waals surface area contributed by atoms with Gasteiger partial charge in [0.15, 0.2) is 0 Å². The summed E-state index contributed by atoms with van der Waals surface area (Å²) in [5, 5.41) is 13.8. The number of rotatable bonds is 5. The van der Waals surface area contributed by atoms with Gasteiger partial charge in [0.05, 0.1) is 5.92 Å². The minimum atomic E-state index is -0.806. The lowest BCUT2D eigenvalue weighted by atomic mass is 9.85. The second-order valence-corrected chi connectivity index (χ2v) is 6.96. The molecule has 5 heteroatoms. The number of carbonyl (C=O) groups is 1. The molecule has 1 aliphatic rings. The van der Waals surface area contributed by atoms with E-state index in [4.69, 9.17) is 4.52 Å². The van der Waals surface area contributed by atoms with E-state index in [0.717, 1.165) is 28.1 Å². The van der Waals surface area contributed by atoms with Crippen LogP contribution in [0.1, 0.15) is 41.0 Å². The fourth-order valence-corrected chi connectivity index (χ4v) is 3.76. The second-order valence-electron chi connectivity index (χ2n) is 6.96. The largest absolute Gasteiger partial charge is 0.480 e. The molecule has 138 valence electrons. The predicted octanol–water partition coefficient (Wildman–Crippen LogP) is 3.69. The van der Waals surface area contributed by atoms with Gasteiger partial charge < -0.3 is 9.63 Å². The van der Waals surface area contributed by atoms with E-state index in [9.17, 15) is 9.90 Å². The van der Waals surface area contributed by atoms with Gasteiger partial charge in [-0.3, -0.25) is 9.69 Å². The van der Waals surface area contributed by atoms with Gasteiger partial charge in [-0.2, -0.15) is 0 Å². The maximum absolute atomic E-state index is 11.4. The minimum Gasteiger partial charge on any atom is -0.480 e. The highest BCUT2D eigenvalue weighted by atomic mass is 16.5. The summed E-state index contributed by atoms with van der Waals surface area (Å²) in [7, 11) is 0. The van der Waals surface area contributed by atoms with Crippen LogP contribution in [0.25, 0.3) is 0 Å². The summed E-state index contributed by atoms with van der Waals surface area (Å²) in [5.41, 5.74) is 4.18. The van der Waals surface area contributed by atoms with Crippen molar-refractivity contribution >= 4 is 5.97 Å². The number of benzene rings is 2. The zero-order valence-corrected chi connectivity index (χ0v) is 15.2. The van der Waals surface area contributed by atoms with Crippen molar-refractivity contribution in [2.75, 3.05) is 6.54 Å². The van der Waals surface area contributed by atoms with Gasteiger partial charge in [-0.1, -0.05) is 65.8 Å². The van der Waals surface area contributed by atoms with Crippen molar-refractivity contribution in [3.8, 4) is 0 Å². The summed E-state index contributed by atoms with van der Waals surface area (Å²) in [4.78, 5) is 13.4. The molecular weight excluding hydrogens is 340 g/mol. The number of carboxylic acid groups (broad SMARTS) is 1. The fourth-order valence-electron chi connectivity index (χ4n) is 3.76. The van der Waals surface area contributed by atoms with Gasteiger partial charge in [0, 0.05) is 25.1 Å². The van der Waals surface area contributed by atoms with Crippen LogP contribution in [0.15, 0.2) is 65.2 Å². The predicted molar refractivity (Wildman–Crippen MR) is 102 cm³/mol. The molecule has 0 aliphatic carbocycles. The van der Waals surface area contributed by atoms with E-state index < -0.39 is 12.0 Å². The molecule has 0 radical (unpaired) electrons. The number of hydrogen-bond donors (Lipinski definition) is 1. The molecule has 0 amide bonds. The first-order chi connectivity index (χ1) is 13.1. The van der Waals surface area contributed by atoms with Crippen LogP contribution in [0.2, 0.25) is 0 Å². The van der Waals surface area contributed by atoms with Gasteiger partial charge >= 0.3 is 5.97 Å².